The fraction of sp³-hybridized carbons (Fsp3) is 0.261. The molecule has 0 atom stereocenters. The van der Waals surface area contributed by atoms with Crippen LogP contribution < -0.4 is 0 Å². The van der Waals surface area contributed by atoms with Gasteiger partial charge in [0.25, 0.3) is 5.78 Å². The Kier molecular flexibility index (Phi) is 5.18. The third-order valence-electron chi connectivity index (χ3n) is 5.11. The van der Waals surface area contributed by atoms with Crippen molar-refractivity contribution in [3.8, 4) is 0 Å². The second-order valence-electron chi connectivity index (χ2n) is 7.25. The van der Waals surface area contributed by atoms with Crippen LogP contribution in [0, 0.1) is 27.7 Å². The van der Waals surface area contributed by atoms with E-state index in [0.717, 1.165) is 28.7 Å². The summed E-state index contributed by atoms with van der Waals surface area (Å²) in [5.41, 5.74) is 8.54. The Morgan fingerprint density at radius 3 is 2.50 bits per heavy atom. The Labute approximate surface area is 170 Å². The van der Waals surface area contributed by atoms with Crippen molar-refractivity contribution in [1.29, 1.82) is 0 Å². The van der Waals surface area contributed by atoms with Crippen LogP contribution in [0.5, 0.6) is 0 Å². The molecule has 0 aliphatic heterocycles. The highest BCUT2D eigenvalue weighted by Gasteiger charge is 2.14. The Morgan fingerprint density at radius 1 is 0.929 bits per heavy atom. The molecule has 28 heavy (non-hydrogen) atoms. The van der Waals surface area contributed by atoms with Gasteiger partial charge in [-0.3, -0.25) is 0 Å². The fourth-order valence-corrected chi connectivity index (χ4v) is 4.29. The molecule has 142 valence electrons. The minimum absolute atomic E-state index is 0.676. The van der Waals surface area contributed by atoms with Gasteiger partial charge in [0.2, 0.25) is 5.16 Å². The Bertz CT molecular complexity index is 1130. The molecule has 4 aromatic rings. The molecule has 0 N–H and O–H groups in total. The summed E-state index contributed by atoms with van der Waals surface area (Å²) >= 11 is 1.66. The standard InChI is InChI=1S/C23H24N4S/c1-15-10-11-16(2)20(12-15)14-28-23-25-22-24-17(3)21(18(4)27(22)26-23)13-19-8-6-5-7-9-19/h5-12H,13-14H2,1-4H3. The zero-order valence-corrected chi connectivity index (χ0v) is 17.5. The summed E-state index contributed by atoms with van der Waals surface area (Å²) in [6, 6.07) is 17.0. The second kappa shape index (κ2) is 7.76. The Morgan fingerprint density at radius 2 is 1.71 bits per heavy atom. The number of benzene rings is 2. The summed E-state index contributed by atoms with van der Waals surface area (Å²) in [5, 5.41) is 5.50. The lowest BCUT2D eigenvalue weighted by atomic mass is 10.0. The van der Waals surface area contributed by atoms with E-state index in [1.807, 2.05) is 10.6 Å². The summed E-state index contributed by atoms with van der Waals surface area (Å²) in [6.07, 6.45) is 0.853. The van der Waals surface area contributed by atoms with E-state index < -0.39 is 0 Å². The Balaban J connectivity index is 1.62. The topological polar surface area (TPSA) is 43.1 Å². The van der Waals surface area contributed by atoms with Gasteiger partial charge in [-0.05, 0) is 49.9 Å². The molecular weight excluding hydrogens is 364 g/mol. The number of fused-ring (bicyclic) bond motifs is 1. The van der Waals surface area contributed by atoms with Crippen molar-refractivity contribution in [2.75, 3.05) is 0 Å². The number of nitrogens with zero attached hydrogens (tertiary/aromatic N) is 4. The lowest BCUT2D eigenvalue weighted by Gasteiger charge is -2.10. The highest BCUT2D eigenvalue weighted by Crippen LogP contribution is 2.24. The van der Waals surface area contributed by atoms with Gasteiger partial charge >= 0.3 is 0 Å². The number of hydrogen-bond acceptors (Lipinski definition) is 4. The Hall–Kier alpha value is -2.66. The quantitative estimate of drug-likeness (QED) is 0.439. The third-order valence-corrected chi connectivity index (χ3v) is 6.00. The number of aromatic nitrogens is 4. The lowest BCUT2D eigenvalue weighted by molar-refractivity contribution is 0.823. The highest BCUT2D eigenvalue weighted by atomic mass is 32.2. The maximum atomic E-state index is 4.73. The van der Waals surface area contributed by atoms with Crippen molar-refractivity contribution in [3.63, 3.8) is 0 Å². The first kappa shape index (κ1) is 18.7. The van der Waals surface area contributed by atoms with Crippen molar-refractivity contribution in [1.82, 2.24) is 19.6 Å². The van der Waals surface area contributed by atoms with Crippen LogP contribution in [-0.2, 0) is 12.2 Å². The second-order valence-corrected chi connectivity index (χ2v) is 8.19. The first-order valence-electron chi connectivity index (χ1n) is 9.47. The largest absolute Gasteiger partial charge is 0.253 e. The third kappa shape index (κ3) is 3.80. The van der Waals surface area contributed by atoms with E-state index >= 15 is 0 Å². The maximum absolute atomic E-state index is 4.73. The molecule has 4 rings (SSSR count). The lowest BCUT2D eigenvalue weighted by Crippen LogP contribution is -2.06. The first-order valence-corrected chi connectivity index (χ1v) is 10.5. The van der Waals surface area contributed by atoms with Gasteiger partial charge in [0.1, 0.15) is 0 Å². The predicted molar refractivity (Wildman–Crippen MR) is 115 cm³/mol. The van der Waals surface area contributed by atoms with Crippen LogP contribution in [0.2, 0.25) is 0 Å². The molecule has 0 aliphatic rings. The van der Waals surface area contributed by atoms with Gasteiger partial charge < -0.3 is 0 Å². The summed E-state index contributed by atoms with van der Waals surface area (Å²) in [6.45, 7) is 8.44. The average molecular weight is 389 g/mol. The fourth-order valence-electron chi connectivity index (χ4n) is 3.41. The molecule has 2 aromatic carbocycles. The number of hydrogen-bond donors (Lipinski definition) is 0. The van der Waals surface area contributed by atoms with Crippen LogP contribution in [0.25, 0.3) is 5.78 Å². The van der Waals surface area contributed by atoms with Gasteiger partial charge in [0.05, 0.1) is 0 Å². The van der Waals surface area contributed by atoms with E-state index in [1.165, 1.54) is 27.8 Å². The molecule has 0 saturated heterocycles. The highest BCUT2D eigenvalue weighted by molar-refractivity contribution is 7.98. The number of rotatable bonds is 5. The predicted octanol–water partition coefficient (Wildman–Crippen LogP) is 5.24. The van der Waals surface area contributed by atoms with Crippen LogP contribution in [0.4, 0.5) is 0 Å². The smallest absolute Gasteiger partial charge is 0.216 e. The van der Waals surface area contributed by atoms with Crippen molar-refractivity contribution in [2.24, 2.45) is 0 Å². The molecule has 0 unspecified atom stereocenters. The van der Waals surface area contributed by atoms with Gasteiger partial charge in [-0.15, -0.1) is 5.10 Å². The van der Waals surface area contributed by atoms with Gasteiger partial charge in [0.15, 0.2) is 0 Å². The molecule has 0 radical (unpaired) electrons. The molecule has 0 aliphatic carbocycles. The number of thioether (sulfide) groups is 1. The minimum Gasteiger partial charge on any atom is -0.216 e. The summed E-state index contributed by atoms with van der Waals surface area (Å²) in [4.78, 5) is 9.37. The molecule has 0 bridgehead atoms. The molecule has 5 heteroatoms. The first-order chi connectivity index (χ1) is 13.5. The SMILES string of the molecule is Cc1ccc(C)c(CSc2nc3nc(C)c(Cc4ccccc4)c(C)n3n2)c1. The van der Waals surface area contributed by atoms with Crippen LogP contribution in [0.15, 0.2) is 53.7 Å². The molecule has 0 fully saturated rings. The van der Waals surface area contributed by atoms with Crippen molar-refractivity contribution >= 4 is 17.5 Å². The van der Waals surface area contributed by atoms with Crippen molar-refractivity contribution in [3.05, 3.63) is 87.7 Å². The molecule has 2 heterocycles. The van der Waals surface area contributed by atoms with Crippen molar-refractivity contribution in [2.45, 2.75) is 45.0 Å². The van der Waals surface area contributed by atoms with Gasteiger partial charge in [-0.25, -0.2) is 9.50 Å². The van der Waals surface area contributed by atoms with E-state index in [2.05, 4.69) is 75.1 Å². The van der Waals surface area contributed by atoms with E-state index in [1.54, 1.807) is 11.8 Å². The molecule has 4 nitrogen and oxygen atoms in total. The van der Waals surface area contributed by atoms with Gasteiger partial charge in [-0.2, -0.15) is 4.98 Å². The average Bonchev–Trinajstić information content (AvgIpc) is 3.09. The summed E-state index contributed by atoms with van der Waals surface area (Å²) in [5.74, 6) is 1.54. The van der Waals surface area contributed by atoms with Crippen LogP contribution in [-0.4, -0.2) is 19.6 Å². The number of aryl methyl sites for hydroxylation is 4. The van der Waals surface area contributed by atoms with Crippen molar-refractivity contribution < 1.29 is 0 Å². The minimum atomic E-state index is 0.676. The molecule has 2 aromatic heterocycles. The van der Waals surface area contributed by atoms with Crippen LogP contribution in [0.3, 0.4) is 0 Å². The zero-order chi connectivity index (χ0) is 19.7. The van der Waals surface area contributed by atoms with E-state index in [-0.39, 0.29) is 0 Å². The van der Waals surface area contributed by atoms with E-state index in [0.29, 0.717) is 5.78 Å². The zero-order valence-electron chi connectivity index (χ0n) is 16.7. The maximum Gasteiger partial charge on any atom is 0.253 e. The molecule has 0 amide bonds. The van der Waals surface area contributed by atoms with Crippen LogP contribution in [0.1, 0.15) is 39.2 Å². The molecule has 0 spiro atoms. The monoisotopic (exact) mass is 388 g/mol. The molecule has 0 saturated carbocycles. The van der Waals surface area contributed by atoms with E-state index in [9.17, 15) is 0 Å². The van der Waals surface area contributed by atoms with Gasteiger partial charge in [0, 0.05) is 23.6 Å². The van der Waals surface area contributed by atoms with Crippen LogP contribution >= 0.6 is 11.8 Å². The van der Waals surface area contributed by atoms with E-state index in [4.69, 9.17) is 10.1 Å². The summed E-state index contributed by atoms with van der Waals surface area (Å²) in [7, 11) is 0. The summed E-state index contributed by atoms with van der Waals surface area (Å²) < 4.78 is 1.89. The normalized spacial score (nSPS) is 11.3. The van der Waals surface area contributed by atoms with Gasteiger partial charge in [-0.1, -0.05) is 65.9 Å². The molecular formula is C23H24N4S.